The van der Waals surface area contributed by atoms with Crippen molar-refractivity contribution in [2.75, 3.05) is 24.6 Å². The number of halogens is 1. The second kappa shape index (κ2) is 11.9. The van der Waals surface area contributed by atoms with Crippen molar-refractivity contribution >= 4 is 33.2 Å². The topological polar surface area (TPSA) is 95.9 Å². The number of sulfonamides is 1. The van der Waals surface area contributed by atoms with Crippen molar-refractivity contribution in [2.45, 2.75) is 88.4 Å². The van der Waals surface area contributed by atoms with Gasteiger partial charge in [-0.25, -0.2) is 13.1 Å². The average Bonchev–Trinajstić information content (AvgIpc) is 3.11. The second-order valence-electron chi connectivity index (χ2n) is 13.6. The van der Waals surface area contributed by atoms with Crippen LogP contribution in [0.15, 0.2) is 36.4 Å². The number of fused-ring (bicyclic) bond motifs is 4. The lowest BCUT2D eigenvalue weighted by atomic mass is 9.63. The van der Waals surface area contributed by atoms with Crippen LogP contribution in [0.4, 0.5) is 5.69 Å². The highest BCUT2D eigenvalue weighted by molar-refractivity contribution is 7.90. The largest absolute Gasteiger partial charge is 0.490 e. The van der Waals surface area contributed by atoms with Crippen molar-refractivity contribution in [1.29, 1.82) is 0 Å². The fourth-order valence-corrected chi connectivity index (χ4v) is 9.53. The summed E-state index contributed by atoms with van der Waals surface area (Å²) in [5.74, 6) is 6.20. The van der Waals surface area contributed by atoms with Gasteiger partial charge in [-0.05, 0) is 119 Å². The van der Waals surface area contributed by atoms with E-state index >= 15 is 0 Å². The van der Waals surface area contributed by atoms with Crippen molar-refractivity contribution in [3.63, 3.8) is 0 Å². The molecule has 1 saturated carbocycles. The van der Waals surface area contributed by atoms with Crippen LogP contribution in [0.1, 0.15) is 87.2 Å². The van der Waals surface area contributed by atoms with Gasteiger partial charge in [0.15, 0.2) is 0 Å². The van der Waals surface area contributed by atoms with Crippen LogP contribution in [0.25, 0.3) is 0 Å². The van der Waals surface area contributed by atoms with Crippen molar-refractivity contribution < 1.29 is 23.1 Å². The van der Waals surface area contributed by atoms with Crippen molar-refractivity contribution in [2.24, 2.45) is 17.8 Å². The predicted molar refractivity (Wildman–Crippen MR) is 174 cm³/mol. The summed E-state index contributed by atoms with van der Waals surface area (Å²) < 4.78 is 35.5. The average molecular weight is 639 g/mol. The number of ether oxygens (including phenoxy) is 1. The number of aliphatic hydroxyl groups is 1. The predicted octanol–water partition coefficient (Wildman–Crippen LogP) is 5.86. The monoisotopic (exact) mass is 638 g/mol. The number of anilines is 1. The molecule has 1 amide bonds. The molecule has 2 N–H and O–H groups in total. The zero-order chi connectivity index (χ0) is 31.3. The van der Waals surface area contributed by atoms with E-state index in [4.69, 9.17) is 16.3 Å². The standard InChI is InChI=1S/C35H43ClN2O5S/c1-4-15-35(40)17-5-7-23(2)24(3)44(41,42)37-33(39)26-10-14-32-31(19-26)38(20-27-9-12-30(27)35)21-34(22-43-32)16-6-8-25-18-28(36)11-13-29(25)34/h10-11,13-14,18-19,23-24,27,30,40H,5-9,12,16-17,20-22H2,1-3H3,(H,37,39)/t23-,24+,27-,30+,34-,35-/m0/s1. The van der Waals surface area contributed by atoms with Gasteiger partial charge < -0.3 is 14.7 Å². The van der Waals surface area contributed by atoms with Crippen LogP contribution >= 0.6 is 11.6 Å². The lowest BCUT2D eigenvalue weighted by Gasteiger charge is -2.48. The van der Waals surface area contributed by atoms with Gasteiger partial charge in [-0.2, -0.15) is 0 Å². The van der Waals surface area contributed by atoms with E-state index in [1.807, 2.05) is 13.0 Å². The molecule has 2 aliphatic heterocycles. The van der Waals surface area contributed by atoms with E-state index < -0.39 is 26.8 Å². The van der Waals surface area contributed by atoms with Crippen LogP contribution in [0.5, 0.6) is 5.75 Å². The third-order valence-electron chi connectivity index (χ3n) is 10.9. The Hall–Kier alpha value is -2.73. The molecule has 236 valence electrons. The molecule has 0 radical (unpaired) electrons. The fraction of sp³-hybridized carbons (Fsp3) is 0.571. The molecule has 4 aliphatic rings. The number of hydrogen-bond acceptors (Lipinski definition) is 6. The molecule has 9 heteroatoms. The smallest absolute Gasteiger partial charge is 0.264 e. The van der Waals surface area contributed by atoms with Gasteiger partial charge in [0.25, 0.3) is 5.91 Å². The van der Waals surface area contributed by atoms with Gasteiger partial charge >= 0.3 is 0 Å². The highest BCUT2D eigenvalue weighted by atomic mass is 35.5. The van der Waals surface area contributed by atoms with E-state index in [1.54, 1.807) is 32.0 Å². The molecular formula is C35H43ClN2O5S. The van der Waals surface area contributed by atoms with Gasteiger partial charge in [0.05, 0.1) is 17.5 Å². The Balaban J connectivity index is 1.44. The van der Waals surface area contributed by atoms with Crippen molar-refractivity contribution in [1.82, 2.24) is 4.72 Å². The quantitative estimate of drug-likeness (QED) is 0.351. The number of benzene rings is 2. The first-order valence-electron chi connectivity index (χ1n) is 16.0. The highest BCUT2D eigenvalue weighted by Crippen LogP contribution is 2.48. The number of carbonyl (C=O) groups is 1. The summed E-state index contributed by atoms with van der Waals surface area (Å²) in [7, 11) is -3.93. The summed E-state index contributed by atoms with van der Waals surface area (Å²) in [6.07, 6.45) is 6.54. The lowest BCUT2D eigenvalue weighted by molar-refractivity contribution is -0.0448. The molecule has 2 aromatic rings. The number of nitrogens with zero attached hydrogens (tertiary/aromatic N) is 1. The van der Waals surface area contributed by atoms with Gasteiger partial charge in [-0.15, -0.1) is 5.92 Å². The summed E-state index contributed by atoms with van der Waals surface area (Å²) in [5, 5.41) is 11.9. The number of rotatable bonds is 0. The molecule has 0 saturated heterocycles. The third kappa shape index (κ3) is 5.72. The SMILES string of the molecule is CC#C[C@]1(O)CCC[C@H](C)[C@@H](C)S(=O)(=O)NC(=O)c2ccc3c(c2)N(C[C@@H]2CC[C@H]21)C[C@@]1(CCCc2cc(Cl)ccc21)CO3. The Morgan fingerprint density at radius 3 is 2.66 bits per heavy atom. The highest BCUT2D eigenvalue weighted by Gasteiger charge is 2.48. The molecule has 7 nitrogen and oxygen atoms in total. The van der Waals surface area contributed by atoms with Gasteiger partial charge in [-0.3, -0.25) is 4.79 Å². The molecule has 2 bridgehead atoms. The van der Waals surface area contributed by atoms with Gasteiger partial charge in [-0.1, -0.05) is 30.5 Å². The summed E-state index contributed by atoms with van der Waals surface area (Å²) in [6.45, 7) is 7.14. The normalized spacial score (nSPS) is 33.3. The van der Waals surface area contributed by atoms with Gasteiger partial charge in [0, 0.05) is 35.0 Å². The minimum Gasteiger partial charge on any atom is -0.490 e. The molecule has 2 aromatic carbocycles. The molecule has 44 heavy (non-hydrogen) atoms. The minimum absolute atomic E-state index is 0.00631. The lowest BCUT2D eigenvalue weighted by Crippen LogP contribution is -2.52. The molecule has 2 heterocycles. The van der Waals surface area contributed by atoms with E-state index in [1.165, 1.54) is 11.1 Å². The Bertz CT molecular complexity index is 1620. The summed E-state index contributed by atoms with van der Waals surface area (Å²) >= 11 is 6.41. The summed E-state index contributed by atoms with van der Waals surface area (Å²) in [5.41, 5.74) is 2.13. The Labute approximate surface area is 266 Å². The Morgan fingerprint density at radius 2 is 1.91 bits per heavy atom. The molecule has 6 rings (SSSR count). The van der Waals surface area contributed by atoms with Gasteiger partial charge in [0.2, 0.25) is 10.0 Å². The molecule has 1 fully saturated rings. The number of aryl methyl sites for hydroxylation is 1. The van der Waals surface area contributed by atoms with E-state index in [0.29, 0.717) is 44.7 Å². The van der Waals surface area contributed by atoms with E-state index in [2.05, 4.69) is 33.6 Å². The molecule has 0 unspecified atom stereocenters. The number of carbonyl (C=O) groups excluding carboxylic acids is 1. The van der Waals surface area contributed by atoms with Crippen molar-refractivity contribution in [3.05, 3.63) is 58.1 Å². The second-order valence-corrected chi connectivity index (χ2v) is 16.1. The maximum Gasteiger partial charge on any atom is 0.264 e. The Morgan fingerprint density at radius 1 is 1.09 bits per heavy atom. The molecule has 6 atom stereocenters. The maximum absolute atomic E-state index is 13.4. The minimum atomic E-state index is -3.93. The first-order valence-corrected chi connectivity index (χ1v) is 17.9. The van der Waals surface area contributed by atoms with Crippen LogP contribution in [0, 0.1) is 29.6 Å². The first kappa shape index (κ1) is 31.3. The summed E-state index contributed by atoms with van der Waals surface area (Å²) in [4.78, 5) is 15.7. The first-order chi connectivity index (χ1) is 20.9. The zero-order valence-corrected chi connectivity index (χ0v) is 27.4. The number of amides is 1. The summed E-state index contributed by atoms with van der Waals surface area (Å²) in [6, 6.07) is 11.4. The Kier molecular flexibility index (Phi) is 8.45. The van der Waals surface area contributed by atoms with Crippen LogP contribution < -0.4 is 14.4 Å². The molecule has 1 spiro atoms. The zero-order valence-electron chi connectivity index (χ0n) is 25.9. The van der Waals surface area contributed by atoms with Crippen LogP contribution in [-0.4, -0.2) is 50.0 Å². The van der Waals surface area contributed by atoms with Crippen molar-refractivity contribution in [3.8, 4) is 17.6 Å². The van der Waals surface area contributed by atoms with Crippen LogP contribution in [0.2, 0.25) is 5.02 Å². The number of nitrogens with one attached hydrogen (secondary N) is 1. The number of hydrogen-bond donors (Lipinski definition) is 2. The van der Waals surface area contributed by atoms with Crippen LogP contribution in [0.3, 0.4) is 0 Å². The molecular weight excluding hydrogens is 596 g/mol. The third-order valence-corrected chi connectivity index (χ3v) is 13.0. The maximum atomic E-state index is 13.4. The fourth-order valence-electron chi connectivity index (χ4n) is 8.03. The van der Waals surface area contributed by atoms with Crippen LogP contribution in [-0.2, 0) is 21.9 Å². The van der Waals surface area contributed by atoms with Gasteiger partial charge in [0.1, 0.15) is 11.4 Å². The van der Waals surface area contributed by atoms with E-state index in [-0.39, 0.29) is 28.7 Å². The van der Waals surface area contributed by atoms with E-state index in [9.17, 15) is 18.3 Å². The molecule has 0 aromatic heterocycles. The van der Waals surface area contributed by atoms with E-state index in [0.717, 1.165) is 42.8 Å². The molecule has 2 aliphatic carbocycles.